The summed E-state index contributed by atoms with van der Waals surface area (Å²) < 4.78 is 0. The van der Waals surface area contributed by atoms with Gasteiger partial charge in [0.25, 0.3) is 0 Å². The summed E-state index contributed by atoms with van der Waals surface area (Å²) >= 11 is 0. The Morgan fingerprint density at radius 1 is 0.812 bits per heavy atom. The highest BCUT2D eigenvalue weighted by Gasteiger charge is 2.38. The quantitative estimate of drug-likeness (QED) is 0.324. The SMILES string of the molecule is CCC(CC(C)(C)OOC(=O)c1cccc(C)c1)C(C)(C)OOC(=O)c1cccc(C)c1. The minimum atomic E-state index is -0.782. The van der Waals surface area contributed by atoms with Gasteiger partial charge in [-0.3, -0.25) is 9.78 Å². The van der Waals surface area contributed by atoms with Crippen molar-refractivity contribution < 1.29 is 29.1 Å². The van der Waals surface area contributed by atoms with Gasteiger partial charge in [-0.2, -0.15) is 9.78 Å². The second-order valence-corrected chi connectivity index (χ2v) is 9.32. The lowest BCUT2D eigenvalue weighted by atomic mass is 9.81. The fourth-order valence-electron chi connectivity index (χ4n) is 3.51. The molecule has 2 aromatic rings. The fourth-order valence-corrected chi connectivity index (χ4v) is 3.51. The van der Waals surface area contributed by atoms with E-state index in [1.54, 1.807) is 36.4 Å². The molecule has 0 saturated heterocycles. The van der Waals surface area contributed by atoms with Crippen molar-refractivity contribution in [3.8, 4) is 0 Å². The van der Waals surface area contributed by atoms with Crippen molar-refractivity contribution in [1.29, 1.82) is 0 Å². The molecular weight excluding hydrogens is 408 g/mol. The van der Waals surface area contributed by atoms with E-state index in [4.69, 9.17) is 19.6 Å². The maximum Gasteiger partial charge on any atom is 0.373 e. The molecule has 6 heteroatoms. The van der Waals surface area contributed by atoms with Gasteiger partial charge in [-0.25, -0.2) is 9.59 Å². The van der Waals surface area contributed by atoms with Crippen LogP contribution >= 0.6 is 0 Å². The van der Waals surface area contributed by atoms with Crippen molar-refractivity contribution in [3.05, 3.63) is 70.8 Å². The molecule has 0 spiro atoms. The Bertz CT molecular complexity index is 931. The summed E-state index contributed by atoms with van der Waals surface area (Å²) in [6.07, 6.45) is 1.26. The predicted molar refractivity (Wildman–Crippen MR) is 122 cm³/mol. The Morgan fingerprint density at radius 2 is 1.28 bits per heavy atom. The standard InChI is InChI=1S/C26H34O6/c1-8-22(26(6,7)32-30-24(28)21-14-10-12-19(3)16-21)17-25(4,5)31-29-23(27)20-13-9-11-18(2)15-20/h9-16,22H,8,17H2,1-7H3. The van der Waals surface area contributed by atoms with Crippen LogP contribution in [0.3, 0.4) is 0 Å². The van der Waals surface area contributed by atoms with Gasteiger partial charge in [0.2, 0.25) is 0 Å². The van der Waals surface area contributed by atoms with Crippen LogP contribution in [0.15, 0.2) is 48.5 Å². The normalized spacial score (nSPS) is 12.8. The molecule has 0 aliphatic carbocycles. The van der Waals surface area contributed by atoms with Gasteiger partial charge in [-0.1, -0.05) is 48.7 Å². The Balaban J connectivity index is 1.95. The first-order valence-corrected chi connectivity index (χ1v) is 10.9. The zero-order valence-corrected chi connectivity index (χ0v) is 20.1. The first-order valence-electron chi connectivity index (χ1n) is 10.9. The third-order valence-electron chi connectivity index (χ3n) is 5.40. The van der Waals surface area contributed by atoms with Crippen LogP contribution in [0.5, 0.6) is 0 Å². The zero-order chi connectivity index (χ0) is 23.9. The van der Waals surface area contributed by atoms with E-state index in [0.29, 0.717) is 17.5 Å². The maximum atomic E-state index is 12.3. The van der Waals surface area contributed by atoms with Crippen molar-refractivity contribution in [2.75, 3.05) is 0 Å². The van der Waals surface area contributed by atoms with Crippen LogP contribution in [-0.2, 0) is 19.6 Å². The Hall–Kier alpha value is -2.70. The second-order valence-electron chi connectivity index (χ2n) is 9.32. The van der Waals surface area contributed by atoms with Crippen molar-refractivity contribution in [1.82, 2.24) is 0 Å². The lowest BCUT2D eigenvalue weighted by Crippen LogP contribution is -2.40. The van der Waals surface area contributed by atoms with E-state index in [0.717, 1.165) is 17.5 Å². The molecule has 174 valence electrons. The molecule has 0 N–H and O–H groups in total. The number of rotatable bonds is 10. The van der Waals surface area contributed by atoms with Crippen LogP contribution in [0, 0.1) is 19.8 Å². The average molecular weight is 443 g/mol. The lowest BCUT2D eigenvalue weighted by molar-refractivity contribution is -0.337. The molecule has 0 amide bonds. The number of aryl methyl sites for hydroxylation is 2. The predicted octanol–water partition coefficient (Wildman–Crippen LogP) is 6.15. The highest BCUT2D eigenvalue weighted by Crippen LogP contribution is 2.34. The van der Waals surface area contributed by atoms with Gasteiger partial charge >= 0.3 is 11.9 Å². The van der Waals surface area contributed by atoms with E-state index in [2.05, 4.69) is 0 Å². The fraction of sp³-hybridized carbons (Fsp3) is 0.462. The number of hydrogen-bond donors (Lipinski definition) is 0. The maximum absolute atomic E-state index is 12.3. The van der Waals surface area contributed by atoms with E-state index < -0.39 is 23.1 Å². The highest BCUT2D eigenvalue weighted by molar-refractivity contribution is 5.89. The van der Waals surface area contributed by atoms with Gasteiger partial charge in [0, 0.05) is 0 Å². The van der Waals surface area contributed by atoms with Gasteiger partial charge in [0.05, 0.1) is 11.1 Å². The van der Waals surface area contributed by atoms with Gasteiger partial charge in [0.1, 0.15) is 11.2 Å². The first-order chi connectivity index (χ1) is 14.9. The summed E-state index contributed by atoms with van der Waals surface area (Å²) in [6.45, 7) is 13.2. The van der Waals surface area contributed by atoms with Crippen molar-refractivity contribution >= 4 is 11.9 Å². The summed E-state index contributed by atoms with van der Waals surface area (Å²) in [6, 6.07) is 14.3. The molecule has 32 heavy (non-hydrogen) atoms. The van der Waals surface area contributed by atoms with E-state index >= 15 is 0 Å². The summed E-state index contributed by atoms with van der Waals surface area (Å²) in [5.74, 6) is -1.13. The molecule has 1 atom stereocenters. The Morgan fingerprint density at radius 3 is 1.72 bits per heavy atom. The minimum absolute atomic E-state index is 0.0412. The van der Waals surface area contributed by atoms with Gasteiger partial charge < -0.3 is 0 Å². The van der Waals surface area contributed by atoms with E-state index in [-0.39, 0.29) is 5.92 Å². The Kier molecular flexibility index (Phi) is 8.58. The molecule has 0 bridgehead atoms. The highest BCUT2D eigenvalue weighted by atomic mass is 17.2. The topological polar surface area (TPSA) is 71.1 Å². The summed E-state index contributed by atoms with van der Waals surface area (Å²) in [7, 11) is 0. The van der Waals surface area contributed by atoms with Crippen molar-refractivity contribution in [2.45, 2.75) is 72.5 Å². The van der Waals surface area contributed by atoms with Crippen LogP contribution in [0.25, 0.3) is 0 Å². The molecule has 0 aliphatic heterocycles. The van der Waals surface area contributed by atoms with Crippen LogP contribution in [0.4, 0.5) is 0 Å². The third-order valence-corrected chi connectivity index (χ3v) is 5.40. The molecule has 0 saturated carbocycles. The second kappa shape index (κ2) is 10.7. The van der Waals surface area contributed by atoms with Crippen LogP contribution in [0.2, 0.25) is 0 Å². The smallest absolute Gasteiger partial charge is 0.292 e. The van der Waals surface area contributed by atoms with Crippen LogP contribution < -0.4 is 0 Å². The summed E-state index contributed by atoms with van der Waals surface area (Å²) in [5, 5.41) is 0. The molecule has 0 aliphatic rings. The molecular formula is C26H34O6. The van der Waals surface area contributed by atoms with Crippen LogP contribution in [-0.4, -0.2) is 23.1 Å². The summed E-state index contributed by atoms with van der Waals surface area (Å²) in [5.41, 5.74) is 1.23. The van der Waals surface area contributed by atoms with Crippen molar-refractivity contribution in [2.24, 2.45) is 5.92 Å². The largest absolute Gasteiger partial charge is 0.373 e. The summed E-state index contributed by atoms with van der Waals surface area (Å²) in [4.78, 5) is 46.0. The third kappa shape index (κ3) is 7.46. The van der Waals surface area contributed by atoms with Crippen molar-refractivity contribution in [3.63, 3.8) is 0 Å². The van der Waals surface area contributed by atoms with E-state index in [1.165, 1.54) is 0 Å². The monoisotopic (exact) mass is 442 g/mol. The molecule has 0 aromatic heterocycles. The van der Waals surface area contributed by atoms with Gasteiger partial charge in [-0.05, 0) is 78.1 Å². The first kappa shape index (κ1) is 25.6. The molecule has 6 nitrogen and oxygen atoms in total. The lowest BCUT2D eigenvalue weighted by Gasteiger charge is -2.36. The van der Waals surface area contributed by atoms with Gasteiger partial charge in [-0.15, -0.1) is 0 Å². The van der Waals surface area contributed by atoms with E-state index in [1.807, 2.05) is 60.6 Å². The number of carbonyl (C=O) groups excluding carboxylic acids is 2. The molecule has 1 unspecified atom stereocenters. The molecule has 2 aromatic carbocycles. The molecule has 2 rings (SSSR count). The average Bonchev–Trinajstić information content (AvgIpc) is 2.74. The number of carbonyl (C=O) groups is 2. The molecule has 0 radical (unpaired) electrons. The number of hydrogen-bond acceptors (Lipinski definition) is 6. The van der Waals surface area contributed by atoms with Crippen LogP contribution in [0.1, 0.15) is 79.3 Å². The zero-order valence-electron chi connectivity index (χ0n) is 20.1. The van der Waals surface area contributed by atoms with Gasteiger partial charge in [0.15, 0.2) is 0 Å². The molecule has 0 fully saturated rings. The van der Waals surface area contributed by atoms with E-state index in [9.17, 15) is 9.59 Å². The Labute approximate surface area is 190 Å². The minimum Gasteiger partial charge on any atom is -0.292 e. The molecule has 0 heterocycles. The number of benzene rings is 2.